The van der Waals surface area contributed by atoms with Crippen molar-refractivity contribution in [2.75, 3.05) is 19.0 Å². The second-order valence-corrected chi connectivity index (χ2v) is 5.11. The van der Waals surface area contributed by atoms with E-state index in [1.54, 1.807) is 0 Å². The number of rotatable bonds is 4. The summed E-state index contributed by atoms with van der Waals surface area (Å²) in [7, 11) is 4.02. The monoisotopic (exact) mass is 263 g/mol. The fraction of sp³-hybridized carbons (Fsp3) is 0.286. The molecule has 0 aliphatic heterocycles. The molecule has 0 atom stereocenters. The lowest BCUT2D eigenvalue weighted by atomic mass is 10.2. The van der Waals surface area contributed by atoms with Gasteiger partial charge in [-0.2, -0.15) is 0 Å². The molecular weight excluding hydrogens is 246 g/mol. The van der Waals surface area contributed by atoms with E-state index < -0.39 is 0 Å². The molecule has 0 spiro atoms. The van der Waals surface area contributed by atoms with Crippen LogP contribution < -0.4 is 9.64 Å². The Balaban J connectivity index is 2.27. The SMILES string of the molecule is Cc1ccc(Oc2cscc2CO)cc1N(C)C. The van der Waals surface area contributed by atoms with E-state index in [9.17, 15) is 5.11 Å². The fourth-order valence-electron chi connectivity index (χ4n) is 1.78. The molecule has 96 valence electrons. The van der Waals surface area contributed by atoms with Crippen molar-refractivity contribution in [3.05, 3.63) is 40.1 Å². The minimum absolute atomic E-state index is 0.00519. The lowest BCUT2D eigenvalue weighted by molar-refractivity contribution is 0.277. The van der Waals surface area contributed by atoms with E-state index in [1.165, 1.54) is 16.9 Å². The Morgan fingerprint density at radius 3 is 2.72 bits per heavy atom. The highest BCUT2D eigenvalue weighted by molar-refractivity contribution is 7.08. The Hall–Kier alpha value is -1.52. The van der Waals surface area contributed by atoms with Crippen LogP contribution in [0.1, 0.15) is 11.1 Å². The number of nitrogens with zero attached hydrogens (tertiary/aromatic N) is 1. The minimum atomic E-state index is 0.00519. The normalized spacial score (nSPS) is 10.4. The van der Waals surface area contributed by atoms with Crippen molar-refractivity contribution in [2.24, 2.45) is 0 Å². The van der Waals surface area contributed by atoms with Crippen LogP contribution in [0.25, 0.3) is 0 Å². The largest absolute Gasteiger partial charge is 0.456 e. The maximum Gasteiger partial charge on any atom is 0.143 e. The van der Waals surface area contributed by atoms with E-state index in [0.29, 0.717) is 0 Å². The van der Waals surface area contributed by atoms with Crippen LogP contribution >= 0.6 is 11.3 Å². The third-order valence-corrected chi connectivity index (χ3v) is 3.53. The van der Waals surface area contributed by atoms with Gasteiger partial charge in [-0.15, -0.1) is 11.3 Å². The predicted octanol–water partition coefficient (Wildman–Crippen LogP) is 3.41. The third kappa shape index (κ3) is 2.66. The molecule has 1 heterocycles. The van der Waals surface area contributed by atoms with Crippen LogP contribution in [0.2, 0.25) is 0 Å². The molecule has 2 rings (SSSR count). The first kappa shape index (κ1) is 12.9. The Bertz CT molecular complexity index is 534. The van der Waals surface area contributed by atoms with Crippen LogP contribution in [0.5, 0.6) is 11.5 Å². The smallest absolute Gasteiger partial charge is 0.143 e. The van der Waals surface area contributed by atoms with Crippen LogP contribution in [0.4, 0.5) is 5.69 Å². The van der Waals surface area contributed by atoms with Gasteiger partial charge < -0.3 is 14.7 Å². The van der Waals surface area contributed by atoms with Gasteiger partial charge in [0.2, 0.25) is 0 Å². The second kappa shape index (κ2) is 5.42. The molecule has 0 amide bonds. The summed E-state index contributed by atoms with van der Waals surface area (Å²) in [6, 6.07) is 5.99. The molecule has 0 saturated carbocycles. The maximum absolute atomic E-state index is 9.19. The molecule has 0 saturated heterocycles. The van der Waals surface area contributed by atoms with Gasteiger partial charge in [0.05, 0.1) is 6.61 Å². The lowest BCUT2D eigenvalue weighted by Crippen LogP contribution is -2.10. The van der Waals surface area contributed by atoms with Crippen molar-refractivity contribution in [1.29, 1.82) is 0 Å². The standard InChI is InChI=1S/C14H17NO2S/c1-10-4-5-12(6-13(10)15(2)3)17-14-9-18-8-11(14)7-16/h4-6,8-9,16H,7H2,1-3H3. The Morgan fingerprint density at radius 2 is 2.06 bits per heavy atom. The zero-order valence-electron chi connectivity index (χ0n) is 10.8. The van der Waals surface area contributed by atoms with E-state index in [0.717, 1.165) is 22.7 Å². The van der Waals surface area contributed by atoms with E-state index in [1.807, 2.05) is 43.1 Å². The number of hydrogen-bond acceptors (Lipinski definition) is 4. The summed E-state index contributed by atoms with van der Waals surface area (Å²) in [5, 5.41) is 13.0. The maximum atomic E-state index is 9.19. The highest BCUT2D eigenvalue weighted by Gasteiger charge is 2.07. The van der Waals surface area contributed by atoms with Crippen LogP contribution in [0.15, 0.2) is 29.0 Å². The summed E-state index contributed by atoms with van der Waals surface area (Å²) >= 11 is 1.53. The van der Waals surface area contributed by atoms with Gasteiger partial charge in [-0.3, -0.25) is 0 Å². The number of aliphatic hydroxyl groups excluding tert-OH is 1. The van der Waals surface area contributed by atoms with Gasteiger partial charge in [0.25, 0.3) is 0 Å². The van der Waals surface area contributed by atoms with Gasteiger partial charge >= 0.3 is 0 Å². The van der Waals surface area contributed by atoms with Crippen LogP contribution in [0, 0.1) is 6.92 Å². The van der Waals surface area contributed by atoms with Crippen molar-refractivity contribution < 1.29 is 9.84 Å². The molecule has 0 aliphatic carbocycles. The topological polar surface area (TPSA) is 32.7 Å². The van der Waals surface area contributed by atoms with Crippen LogP contribution in [-0.4, -0.2) is 19.2 Å². The Labute approximate surface area is 111 Å². The number of aliphatic hydroxyl groups is 1. The van der Waals surface area contributed by atoms with Gasteiger partial charge in [-0.1, -0.05) is 6.07 Å². The summed E-state index contributed by atoms with van der Waals surface area (Å²) in [4.78, 5) is 2.06. The van der Waals surface area contributed by atoms with Crippen molar-refractivity contribution in [2.45, 2.75) is 13.5 Å². The second-order valence-electron chi connectivity index (χ2n) is 4.36. The highest BCUT2D eigenvalue weighted by atomic mass is 32.1. The third-order valence-electron chi connectivity index (χ3n) is 2.76. The number of ether oxygens (including phenoxy) is 1. The molecule has 3 nitrogen and oxygen atoms in total. The molecule has 0 unspecified atom stereocenters. The molecule has 4 heteroatoms. The summed E-state index contributed by atoms with van der Waals surface area (Å²) in [6.07, 6.45) is 0. The van der Waals surface area contributed by atoms with Crippen molar-refractivity contribution in [3.63, 3.8) is 0 Å². The highest BCUT2D eigenvalue weighted by Crippen LogP contribution is 2.31. The number of anilines is 1. The molecule has 0 fully saturated rings. The van der Waals surface area contributed by atoms with Gasteiger partial charge in [0.1, 0.15) is 11.5 Å². The lowest BCUT2D eigenvalue weighted by Gasteiger charge is -2.17. The summed E-state index contributed by atoms with van der Waals surface area (Å²) in [6.45, 7) is 2.08. The summed E-state index contributed by atoms with van der Waals surface area (Å²) in [5.74, 6) is 1.52. The summed E-state index contributed by atoms with van der Waals surface area (Å²) in [5.41, 5.74) is 3.17. The van der Waals surface area contributed by atoms with E-state index in [-0.39, 0.29) is 6.61 Å². The fourth-order valence-corrected chi connectivity index (χ4v) is 2.52. The molecular formula is C14H17NO2S. The first-order chi connectivity index (χ1) is 8.61. The molecule has 1 aromatic carbocycles. The van der Waals surface area contributed by atoms with Gasteiger partial charge in [0.15, 0.2) is 0 Å². The Morgan fingerprint density at radius 1 is 1.28 bits per heavy atom. The summed E-state index contributed by atoms with van der Waals surface area (Å²) < 4.78 is 5.81. The van der Waals surface area contributed by atoms with Gasteiger partial charge in [-0.25, -0.2) is 0 Å². The first-order valence-corrected chi connectivity index (χ1v) is 6.68. The van der Waals surface area contributed by atoms with Crippen molar-refractivity contribution in [1.82, 2.24) is 0 Å². The number of thiophene rings is 1. The first-order valence-electron chi connectivity index (χ1n) is 5.73. The van der Waals surface area contributed by atoms with Crippen molar-refractivity contribution >= 4 is 17.0 Å². The molecule has 0 bridgehead atoms. The zero-order chi connectivity index (χ0) is 13.1. The Kier molecular flexibility index (Phi) is 3.89. The van der Waals surface area contributed by atoms with Crippen molar-refractivity contribution in [3.8, 4) is 11.5 Å². The van der Waals surface area contributed by atoms with E-state index >= 15 is 0 Å². The quantitative estimate of drug-likeness (QED) is 0.917. The molecule has 2 aromatic rings. The average molecular weight is 263 g/mol. The number of aryl methyl sites for hydroxylation is 1. The number of hydrogen-bond donors (Lipinski definition) is 1. The van der Waals surface area contributed by atoms with E-state index in [2.05, 4.69) is 11.8 Å². The zero-order valence-corrected chi connectivity index (χ0v) is 11.6. The molecule has 0 aliphatic rings. The average Bonchev–Trinajstić information content (AvgIpc) is 2.78. The number of benzene rings is 1. The van der Waals surface area contributed by atoms with Crippen LogP contribution in [0.3, 0.4) is 0 Å². The van der Waals surface area contributed by atoms with Gasteiger partial charge in [0, 0.05) is 42.2 Å². The van der Waals surface area contributed by atoms with Gasteiger partial charge in [-0.05, 0) is 18.6 Å². The predicted molar refractivity (Wildman–Crippen MR) is 75.8 cm³/mol. The minimum Gasteiger partial charge on any atom is -0.456 e. The molecule has 0 radical (unpaired) electrons. The van der Waals surface area contributed by atoms with Crippen LogP contribution in [-0.2, 0) is 6.61 Å². The molecule has 1 aromatic heterocycles. The van der Waals surface area contributed by atoms with E-state index in [4.69, 9.17) is 4.74 Å². The molecule has 1 N–H and O–H groups in total. The molecule has 18 heavy (non-hydrogen) atoms.